The van der Waals surface area contributed by atoms with E-state index in [9.17, 15) is 4.79 Å². The fraction of sp³-hybridized carbons (Fsp3) is 0.562. The molecule has 1 saturated carbocycles. The predicted octanol–water partition coefficient (Wildman–Crippen LogP) is 3.44. The minimum absolute atomic E-state index is 0.0658. The second-order valence-electron chi connectivity index (χ2n) is 5.42. The molecule has 2 unspecified atom stereocenters. The highest BCUT2D eigenvalue weighted by atomic mass is 32.2. The van der Waals surface area contributed by atoms with Gasteiger partial charge in [0.25, 0.3) is 5.91 Å². The average Bonchev–Trinajstić information content (AvgIpc) is 2.47. The summed E-state index contributed by atoms with van der Waals surface area (Å²) in [6.07, 6.45) is 6.96. The van der Waals surface area contributed by atoms with Crippen molar-refractivity contribution in [2.24, 2.45) is 0 Å². The van der Waals surface area contributed by atoms with Gasteiger partial charge in [-0.15, -0.1) is 0 Å². The molecule has 1 aromatic rings. The third-order valence-corrected chi connectivity index (χ3v) is 5.25. The SMILES string of the molecule is CNc1ccc(C(=O)NC2CCCCC2SC)c(C)c1. The largest absolute Gasteiger partial charge is 0.388 e. The smallest absolute Gasteiger partial charge is 0.251 e. The molecule has 110 valence electrons. The van der Waals surface area contributed by atoms with Crippen LogP contribution in [0.1, 0.15) is 41.6 Å². The first-order valence-corrected chi connectivity index (χ1v) is 8.56. The third kappa shape index (κ3) is 3.48. The normalized spacial score (nSPS) is 22.4. The maximum Gasteiger partial charge on any atom is 0.251 e. The van der Waals surface area contributed by atoms with Crippen molar-refractivity contribution in [3.05, 3.63) is 29.3 Å². The predicted molar refractivity (Wildman–Crippen MR) is 87.8 cm³/mol. The molecule has 2 N–H and O–H groups in total. The lowest BCUT2D eigenvalue weighted by atomic mass is 9.94. The molecule has 0 aliphatic heterocycles. The number of carbonyl (C=O) groups excluding carboxylic acids is 1. The van der Waals surface area contributed by atoms with E-state index in [1.54, 1.807) is 0 Å². The lowest BCUT2D eigenvalue weighted by Crippen LogP contribution is -2.43. The van der Waals surface area contributed by atoms with E-state index in [4.69, 9.17) is 0 Å². The van der Waals surface area contributed by atoms with Crippen LogP contribution in [0.5, 0.6) is 0 Å². The summed E-state index contributed by atoms with van der Waals surface area (Å²) in [4.78, 5) is 12.5. The Labute approximate surface area is 125 Å². The number of nitrogens with one attached hydrogen (secondary N) is 2. The van der Waals surface area contributed by atoms with Gasteiger partial charge in [-0.25, -0.2) is 0 Å². The summed E-state index contributed by atoms with van der Waals surface area (Å²) in [6.45, 7) is 1.99. The van der Waals surface area contributed by atoms with E-state index in [0.29, 0.717) is 11.3 Å². The van der Waals surface area contributed by atoms with Gasteiger partial charge in [-0.2, -0.15) is 11.8 Å². The van der Waals surface area contributed by atoms with Gasteiger partial charge >= 0.3 is 0 Å². The van der Waals surface area contributed by atoms with Gasteiger partial charge < -0.3 is 10.6 Å². The highest BCUT2D eigenvalue weighted by molar-refractivity contribution is 7.99. The molecule has 20 heavy (non-hydrogen) atoms. The minimum Gasteiger partial charge on any atom is -0.388 e. The summed E-state index contributed by atoms with van der Waals surface area (Å²) in [6, 6.07) is 6.19. The second-order valence-corrected chi connectivity index (χ2v) is 6.50. The Morgan fingerprint density at radius 2 is 2.05 bits per heavy atom. The molecule has 3 nitrogen and oxygen atoms in total. The molecule has 0 heterocycles. The molecule has 1 aliphatic carbocycles. The lowest BCUT2D eigenvalue weighted by molar-refractivity contribution is 0.0929. The Kier molecular flexibility index (Phi) is 5.35. The summed E-state index contributed by atoms with van der Waals surface area (Å²) in [7, 11) is 1.89. The molecule has 2 rings (SSSR count). The van der Waals surface area contributed by atoms with Gasteiger partial charge in [0.05, 0.1) is 0 Å². The van der Waals surface area contributed by atoms with Gasteiger partial charge in [0.2, 0.25) is 0 Å². The standard InChI is InChI=1S/C16H24N2OS/c1-11-10-12(17-2)8-9-13(11)16(19)18-14-6-4-5-7-15(14)20-3/h8-10,14-15,17H,4-7H2,1-3H3,(H,18,19). The molecule has 0 radical (unpaired) electrons. The molecule has 1 fully saturated rings. The van der Waals surface area contributed by atoms with E-state index in [1.807, 2.05) is 43.9 Å². The number of rotatable bonds is 4. The molecule has 0 spiro atoms. The van der Waals surface area contributed by atoms with Gasteiger partial charge in [-0.05, 0) is 49.8 Å². The van der Waals surface area contributed by atoms with Crippen LogP contribution in [0, 0.1) is 6.92 Å². The van der Waals surface area contributed by atoms with Crippen molar-refractivity contribution < 1.29 is 4.79 Å². The number of carbonyl (C=O) groups is 1. The first kappa shape index (κ1) is 15.2. The Hall–Kier alpha value is -1.16. The highest BCUT2D eigenvalue weighted by Gasteiger charge is 2.26. The van der Waals surface area contributed by atoms with Crippen LogP contribution in [0.2, 0.25) is 0 Å². The molecule has 1 amide bonds. The number of anilines is 1. The van der Waals surface area contributed by atoms with Gasteiger partial charge in [-0.3, -0.25) is 4.79 Å². The molecular weight excluding hydrogens is 268 g/mol. The van der Waals surface area contributed by atoms with Crippen LogP contribution in [-0.4, -0.2) is 30.5 Å². The molecule has 0 bridgehead atoms. The van der Waals surface area contributed by atoms with Crippen molar-refractivity contribution in [3.8, 4) is 0 Å². The number of amides is 1. The number of hydrogen-bond donors (Lipinski definition) is 2. The van der Waals surface area contributed by atoms with Crippen LogP contribution in [0.4, 0.5) is 5.69 Å². The summed E-state index contributed by atoms with van der Waals surface area (Å²) in [5.74, 6) is 0.0658. The topological polar surface area (TPSA) is 41.1 Å². The van der Waals surface area contributed by atoms with Crippen LogP contribution in [0.3, 0.4) is 0 Å². The third-order valence-electron chi connectivity index (χ3n) is 4.08. The van der Waals surface area contributed by atoms with Crippen molar-refractivity contribution in [1.82, 2.24) is 5.32 Å². The highest BCUT2D eigenvalue weighted by Crippen LogP contribution is 2.27. The van der Waals surface area contributed by atoms with E-state index in [-0.39, 0.29) is 5.91 Å². The molecule has 2 atom stereocenters. The summed E-state index contributed by atoms with van der Waals surface area (Å²) in [5.41, 5.74) is 2.85. The minimum atomic E-state index is 0.0658. The molecule has 1 aliphatic rings. The van der Waals surface area contributed by atoms with Crippen molar-refractivity contribution in [1.29, 1.82) is 0 Å². The molecule has 4 heteroatoms. The van der Waals surface area contributed by atoms with Crippen LogP contribution in [0.15, 0.2) is 18.2 Å². The van der Waals surface area contributed by atoms with E-state index in [0.717, 1.165) is 23.2 Å². The maximum atomic E-state index is 12.5. The van der Waals surface area contributed by atoms with Gasteiger partial charge in [0, 0.05) is 29.6 Å². The van der Waals surface area contributed by atoms with E-state index >= 15 is 0 Å². The van der Waals surface area contributed by atoms with Crippen LogP contribution < -0.4 is 10.6 Å². The van der Waals surface area contributed by atoms with Crippen LogP contribution in [-0.2, 0) is 0 Å². The Balaban J connectivity index is 2.07. The first-order valence-electron chi connectivity index (χ1n) is 7.27. The van der Waals surface area contributed by atoms with Crippen molar-refractivity contribution >= 4 is 23.4 Å². The van der Waals surface area contributed by atoms with Gasteiger partial charge in [0.1, 0.15) is 0 Å². The molecule has 1 aromatic carbocycles. The van der Waals surface area contributed by atoms with Crippen molar-refractivity contribution in [2.75, 3.05) is 18.6 Å². The first-order chi connectivity index (χ1) is 9.65. The number of aryl methyl sites for hydroxylation is 1. The van der Waals surface area contributed by atoms with Crippen LogP contribution in [0.25, 0.3) is 0 Å². The zero-order valence-electron chi connectivity index (χ0n) is 12.5. The van der Waals surface area contributed by atoms with Gasteiger partial charge in [0.15, 0.2) is 0 Å². The van der Waals surface area contributed by atoms with Gasteiger partial charge in [-0.1, -0.05) is 12.8 Å². The Morgan fingerprint density at radius 1 is 1.30 bits per heavy atom. The Morgan fingerprint density at radius 3 is 2.70 bits per heavy atom. The number of hydrogen-bond acceptors (Lipinski definition) is 3. The van der Waals surface area contributed by atoms with Crippen molar-refractivity contribution in [2.45, 2.75) is 43.9 Å². The van der Waals surface area contributed by atoms with E-state index in [1.165, 1.54) is 19.3 Å². The number of thioether (sulfide) groups is 1. The van der Waals surface area contributed by atoms with Crippen molar-refractivity contribution in [3.63, 3.8) is 0 Å². The zero-order valence-corrected chi connectivity index (χ0v) is 13.3. The number of benzene rings is 1. The fourth-order valence-corrected chi connectivity index (χ4v) is 3.80. The average molecular weight is 292 g/mol. The second kappa shape index (κ2) is 7.02. The van der Waals surface area contributed by atoms with E-state index < -0.39 is 0 Å². The van der Waals surface area contributed by atoms with Crippen LogP contribution >= 0.6 is 11.8 Å². The fourth-order valence-electron chi connectivity index (χ4n) is 2.86. The monoisotopic (exact) mass is 292 g/mol. The lowest BCUT2D eigenvalue weighted by Gasteiger charge is -2.31. The molecule has 0 saturated heterocycles. The summed E-state index contributed by atoms with van der Waals surface area (Å²) < 4.78 is 0. The molecule has 0 aromatic heterocycles. The maximum absolute atomic E-state index is 12.5. The van der Waals surface area contributed by atoms with E-state index in [2.05, 4.69) is 16.9 Å². The Bertz CT molecular complexity index is 476. The summed E-state index contributed by atoms with van der Waals surface area (Å²) in [5, 5.41) is 6.89. The quantitative estimate of drug-likeness (QED) is 0.893. The zero-order chi connectivity index (χ0) is 14.5. The summed E-state index contributed by atoms with van der Waals surface area (Å²) >= 11 is 1.88. The molecular formula is C16H24N2OS.